The maximum atomic E-state index is 5.92. The van der Waals surface area contributed by atoms with Crippen LogP contribution in [-0.2, 0) is 6.54 Å². The molecule has 2 aromatic carbocycles. The minimum absolute atomic E-state index is 0.511. The number of nitrogens with two attached hydrogens (primary N) is 1. The Hall–Kier alpha value is -1.96. The van der Waals surface area contributed by atoms with Gasteiger partial charge in [0, 0.05) is 29.9 Å². The van der Waals surface area contributed by atoms with Gasteiger partial charge in [-0.3, -0.25) is 0 Å². The number of hydrogen-bond acceptors (Lipinski definition) is 2. The Labute approximate surface area is 114 Å². The minimum Gasteiger partial charge on any atom is -0.399 e. The molecular weight excluding hydrogens is 232 g/mol. The van der Waals surface area contributed by atoms with Crippen molar-refractivity contribution in [1.29, 1.82) is 0 Å². The van der Waals surface area contributed by atoms with Crippen molar-refractivity contribution in [3.05, 3.63) is 59.7 Å². The van der Waals surface area contributed by atoms with E-state index >= 15 is 0 Å². The summed E-state index contributed by atoms with van der Waals surface area (Å²) in [7, 11) is 0. The molecule has 2 atom stereocenters. The number of anilines is 2. The van der Waals surface area contributed by atoms with Gasteiger partial charge in [-0.25, -0.2) is 0 Å². The van der Waals surface area contributed by atoms with Crippen LogP contribution in [0, 0.1) is 0 Å². The van der Waals surface area contributed by atoms with Crippen LogP contribution in [0.4, 0.5) is 11.4 Å². The van der Waals surface area contributed by atoms with Gasteiger partial charge >= 0.3 is 0 Å². The van der Waals surface area contributed by atoms with Crippen molar-refractivity contribution in [2.75, 3.05) is 10.6 Å². The minimum atomic E-state index is 0.511. The quantitative estimate of drug-likeness (QED) is 0.824. The second-order valence-electron chi connectivity index (χ2n) is 5.46. The van der Waals surface area contributed by atoms with Crippen LogP contribution < -0.4 is 10.6 Å². The van der Waals surface area contributed by atoms with Gasteiger partial charge in [-0.2, -0.15) is 0 Å². The molecule has 2 N–H and O–H groups in total. The van der Waals surface area contributed by atoms with Gasteiger partial charge in [0.25, 0.3) is 0 Å². The van der Waals surface area contributed by atoms with Gasteiger partial charge in [0.1, 0.15) is 0 Å². The van der Waals surface area contributed by atoms with Crippen LogP contribution in [0.2, 0.25) is 0 Å². The zero-order valence-electron chi connectivity index (χ0n) is 11.5. The van der Waals surface area contributed by atoms with E-state index in [1.54, 1.807) is 0 Å². The van der Waals surface area contributed by atoms with Crippen LogP contribution >= 0.6 is 0 Å². The molecule has 2 nitrogen and oxygen atoms in total. The molecule has 2 aromatic rings. The predicted molar refractivity (Wildman–Crippen MR) is 81.4 cm³/mol. The summed E-state index contributed by atoms with van der Waals surface area (Å²) < 4.78 is 0. The third kappa shape index (κ3) is 2.07. The number of nitrogen functional groups attached to an aromatic ring is 1. The summed E-state index contributed by atoms with van der Waals surface area (Å²) in [4.78, 5) is 2.48. The Morgan fingerprint density at radius 1 is 1.05 bits per heavy atom. The van der Waals surface area contributed by atoms with Crippen molar-refractivity contribution < 1.29 is 0 Å². The average molecular weight is 252 g/mol. The standard InChI is InChI=1S/C17H20N2/c1-12-13(2)19(11-14-6-4-3-5-7-14)17-9-8-15(18)10-16(12)17/h3-10,12-13H,11,18H2,1-2H3. The van der Waals surface area contributed by atoms with Crippen LogP contribution in [0.15, 0.2) is 48.5 Å². The molecule has 0 saturated carbocycles. The number of fused-ring (bicyclic) bond motifs is 1. The maximum absolute atomic E-state index is 5.92. The molecule has 0 amide bonds. The highest BCUT2D eigenvalue weighted by Gasteiger charge is 2.32. The molecule has 1 aliphatic heterocycles. The van der Waals surface area contributed by atoms with Gasteiger partial charge in [-0.1, -0.05) is 37.3 Å². The monoisotopic (exact) mass is 252 g/mol. The summed E-state index contributed by atoms with van der Waals surface area (Å²) in [5.74, 6) is 0.530. The SMILES string of the molecule is CC1c2cc(N)ccc2N(Cc2ccccc2)C1C. The Morgan fingerprint density at radius 3 is 2.53 bits per heavy atom. The summed E-state index contributed by atoms with van der Waals surface area (Å²) >= 11 is 0. The average Bonchev–Trinajstić information content (AvgIpc) is 2.65. The Bertz CT molecular complexity index is 577. The fourth-order valence-electron chi connectivity index (χ4n) is 2.96. The van der Waals surface area contributed by atoms with Gasteiger partial charge in [-0.05, 0) is 36.2 Å². The van der Waals surface area contributed by atoms with Crippen molar-refractivity contribution in [2.45, 2.75) is 32.4 Å². The van der Waals surface area contributed by atoms with Crippen molar-refractivity contribution in [1.82, 2.24) is 0 Å². The lowest BCUT2D eigenvalue weighted by atomic mass is 9.98. The molecule has 0 radical (unpaired) electrons. The zero-order chi connectivity index (χ0) is 13.4. The van der Waals surface area contributed by atoms with Crippen LogP contribution in [0.5, 0.6) is 0 Å². The number of benzene rings is 2. The topological polar surface area (TPSA) is 29.3 Å². The fraction of sp³-hybridized carbons (Fsp3) is 0.294. The van der Waals surface area contributed by atoms with E-state index in [0.717, 1.165) is 12.2 Å². The summed E-state index contributed by atoms with van der Waals surface area (Å²) in [5.41, 5.74) is 10.8. The maximum Gasteiger partial charge on any atom is 0.0432 e. The molecule has 0 saturated heterocycles. The molecule has 19 heavy (non-hydrogen) atoms. The lowest BCUT2D eigenvalue weighted by molar-refractivity contribution is 0.591. The van der Waals surface area contributed by atoms with E-state index in [4.69, 9.17) is 5.73 Å². The number of hydrogen-bond donors (Lipinski definition) is 1. The summed E-state index contributed by atoms with van der Waals surface area (Å²) in [6, 6.07) is 17.4. The van der Waals surface area contributed by atoms with E-state index in [1.165, 1.54) is 16.8 Å². The first kappa shape index (κ1) is 12.1. The van der Waals surface area contributed by atoms with Gasteiger partial charge in [0.2, 0.25) is 0 Å². The third-order valence-corrected chi connectivity index (χ3v) is 4.26. The molecule has 98 valence electrons. The summed E-state index contributed by atoms with van der Waals surface area (Å²) in [6.07, 6.45) is 0. The second kappa shape index (κ2) is 4.61. The molecule has 2 heteroatoms. The highest BCUT2D eigenvalue weighted by molar-refractivity contribution is 5.66. The molecule has 3 rings (SSSR count). The van der Waals surface area contributed by atoms with E-state index in [9.17, 15) is 0 Å². The first-order chi connectivity index (χ1) is 9.16. The van der Waals surface area contributed by atoms with E-state index in [1.807, 2.05) is 6.07 Å². The fourth-order valence-corrected chi connectivity index (χ4v) is 2.96. The summed E-state index contributed by atoms with van der Waals surface area (Å²) in [6.45, 7) is 5.54. The van der Waals surface area contributed by atoms with Crippen molar-refractivity contribution in [3.8, 4) is 0 Å². The first-order valence-corrected chi connectivity index (χ1v) is 6.87. The zero-order valence-corrected chi connectivity index (χ0v) is 11.5. The largest absolute Gasteiger partial charge is 0.399 e. The molecule has 0 aromatic heterocycles. The smallest absolute Gasteiger partial charge is 0.0432 e. The van der Waals surface area contributed by atoms with Gasteiger partial charge in [-0.15, -0.1) is 0 Å². The summed E-state index contributed by atoms with van der Waals surface area (Å²) in [5, 5.41) is 0. The first-order valence-electron chi connectivity index (χ1n) is 6.87. The molecule has 0 spiro atoms. The lowest BCUT2D eigenvalue weighted by Crippen LogP contribution is -2.30. The van der Waals surface area contributed by atoms with Crippen LogP contribution in [-0.4, -0.2) is 6.04 Å². The Morgan fingerprint density at radius 2 is 1.79 bits per heavy atom. The van der Waals surface area contributed by atoms with Crippen LogP contribution in [0.3, 0.4) is 0 Å². The van der Waals surface area contributed by atoms with Gasteiger partial charge < -0.3 is 10.6 Å². The van der Waals surface area contributed by atoms with Gasteiger partial charge in [0.05, 0.1) is 0 Å². The van der Waals surface area contributed by atoms with Crippen molar-refractivity contribution in [2.24, 2.45) is 0 Å². The molecule has 1 heterocycles. The molecular formula is C17H20N2. The highest BCUT2D eigenvalue weighted by atomic mass is 15.2. The molecule has 0 bridgehead atoms. The van der Waals surface area contributed by atoms with Crippen LogP contribution in [0.25, 0.3) is 0 Å². The third-order valence-electron chi connectivity index (χ3n) is 4.26. The van der Waals surface area contributed by atoms with Crippen molar-refractivity contribution >= 4 is 11.4 Å². The normalized spacial score (nSPS) is 21.5. The van der Waals surface area contributed by atoms with Crippen molar-refractivity contribution in [3.63, 3.8) is 0 Å². The molecule has 2 unspecified atom stereocenters. The Kier molecular flexibility index (Phi) is 2.94. The van der Waals surface area contributed by atoms with E-state index in [2.05, 4.69) is 61.2 Å². The predicted octanol–water partition coefficient (Wildman–Crippen LogP) is 3.78. The van der Waals surface area contributed by atoms with E-state index in [-0.39, 0.29) is 0 Å². The van der Waals surface area contributed by atoms with Gasteiger partial charge in [0.15, 0.2) is 0 Å². The number of rotatable bonds is 2. The lowest BCUT2D eigenvalue weighted by Gasteiger charge is -2.26. The molecule has 0 aliphatic carbocycles. The molecule has 0 fully saturated rings. The number of nitrogens with zero attached hydrogens (tertiary/aromatic N) is 1. The van der Waals surface area contributed by atoms with E-state index in [0.29, 0.717) is 12.0 Å². The Balaban J connectivity index is 1.95. The van der Waals surface area contributed by atoms with Crippen LogP contribution in [0.1, 0.15) is 30.9 Å². The molecule has 1 aliphatic rings. The highest BCUT2D eigenvalue weighted by Crippen LogP contribution is 2.42. The van der Waals surface area contributed by atoms with E-state index < -0.39 is 0 Å². The second-order valence-corrected chi connectivity index (χ2v) is 5.46.